The van der Waals surface area contributed by atoms with Gasteiger partial charge in [-0.1, -0.05) is 6.92 Å². The number of rotatable bonds is 1. The van der Waals surface area contributed by atoms with Crippen LogP contribution in [0.5, 0.6) is 5.75 Å². The number of carbonyl (C=O) groups is 1. The van der Waals surface area contributed by atoms with Crippen LogP contribution in [0.4, 0.5) is 10.5 Å². The Labute approximate surface area is 115 Å². The average molecular weight is 345 g/mol. The molecule has 0 amide bonds. The van der Waals surface area contributed by atoms with E-state index < -0.39 is 0 Å². The van der Waals surface area contributed by atoms with Crippen molar-refractivity contribution in [1.82, 2.24) is 0 Å². The Hall–Kier alpha value is -0.780. The Morgan fingerprint density at radius 1 is 1.53 bits per heavy atom. The standard InChI is InChI=1S/C13H16INO2/c1-8-7-13(2,3)15-11-5-4-9(6-10(8)11)17-12(14)16/h4-6,8,15H,7H2,1-3H3. The van der Waals surface area contributed by atoms with E-state index in [2.05, 4.69) is 26.1 Å². The van der Waals surface area contributed by atoms with E-state index in [0.29, 0.717) is 11.7 Å². The first-order valence-electron chi connectivity index (χ1n) is 5.67. The van der Waals surface area contributed by atoms with E-state index >= 15 is 0 Å². The van der Waals surface area contributed by atoms with Crippen molar-refractivity contribution < 1.29 is 9.53 Å². The molecule has 1 aromatic carbocycles. The van der Waals surface area contributed by atoms with Crippen LogP contribution in [0.1, 0.15) is 38.7 Å². The van der Waals surface area contributed by atoms with Gasteiger partial charge in [0.1, 0.15) is 5.75 Å². The average Bonchev–Trinajstić information content (AvgIpc) is 2.16. The summed E-state index contributed by atoms with van der Waals surface area (Å²) in [5.74, 6) is 1.09. The molecule has 1 aliphatic rings. The first-order chi connectivity index (χ1) is 7.87. The van der Waals surface area contributed by atoms with Crippen LogP contribution in [-0.2, 0) is 0 Å². The lowest BCUT2D eigenvalue weighted by Gasteiger charge is -2.37. The van der Waals surface area contributed by atoms with Gasteiger partial charge in [-0.3, -0.25) is 0 Å². The number of benzene rings is 1. The maximum atomic E-state index is 10.9. The second-order valence-electron chi connectivity index (χ2n) is 5.20. The number of nitrogens with one attached hydrogen (secondary N) is 1. The first-order valence-corrected chi connectivity index (χ1v) is 6.75. The zero-order chi connectivity index (χ0) is 12.6. The molecule has 0 spiro atoms. The van der Waals surface area contributed by atoms with Crippen LogP contribution < -0.4 is 10.1 Å². The van der Waals surface area contributed by atoms with E-state index in [9.17, 15) is 4.79 Å². The molecule has 2 rings (SSSR count). The highest BCUT2D eigenvalue weighted by Crippen LogP contribution is 2.40. The van der Waals surface area contributed by atoms with Crippen molar-refractivity contribution in [2.24, 2.45) is 0 Å². The Balaban J connectivity index is 2.33. The van der Waals surface area contributed by atoms with Gasteiger partial charge < -0.3 is 10.1 Å². The number of hydrogen-bond acceptors (Lipinski definition) is 3. The summed E-state index contributed by atoms with van der Waals surface area (Å²) in [5.41, 5.74) is 2.48. The summed E-state index contributed by atoms with van der Waals surface area (Å²) >= 11 is 1.64. The van der Waals surface area contributed by atoms with Gasteiger partial charge in [-0.2, -0.15) is 0 Å². The predicted molar refractivity (Wildman–Crippen MR) is 77.2 cm³/mol. The predicted octanol–water partition coefficient (Wildman–Crippen LogP) is 4.32. The molecule has 1 aromatic rings. The quantitative estimate of drug-likeness (QED) is 0.609. The molecule has 1 unspecified atom stereocenters. The van der Waals surface area contributed by atoms with Gasteiger partial charge in [-0.05, 0) is 49.9 Å². The summed E-state index contributed by atoms with van der Waals surface area (Å²) in [5, 5.41) is 3.50. The minimum Gasteiger partial charge on any atom is -0.419 e. The summed E-state index contributed by atoms with van der Waals surface area (Å²) in [6, 6.07) is 5.77. The van der Waals surface area contributed by atoms with Gasteiger partial charge in [0.15, 0.2) is 0 Å². The fraction of sp³-hybridized carbons (Fsp3) is 0.462. The largest absolute Gasteiger partial charge is 0.419 e. The van der Waals surface area contributed by atoms with Crippen molar-refractivity contribution >= 4 is 32.3 Å². The number of hydrogen-bond donors (Lipinski definition) is 1. The number of halogens is 1. The van der Waals surface area contributed by atoms with Gasteiger partial charge in [0.2, 0.25) is 0 Å². The number of ether oxygens (including phenoxy) is 1. The maximum absolute atomic E-state index is 10.9. The summed E-state index contributed by atoms with van der Waals surface area (Å²) < 4.78 is 4.79. The van der Waals surface area contributed by atoms with E-state index in [1.165, 1.54) is 5.56 Å². The number of fused-ring (bicyclic) bond motifs is 1. The third-order valence-electron chi connectivity index (χ3n) is 3.04. The molecule has 1 heterocycles. The second kappa shape index (κ2) is 4.48. The summed E-state index contributed by atoms with van der Waals surface area (Å²) in [7, 11) is 0. The molecule has 0 aliphatic carbocycles. The molecule has 0 saturated carbocycles. The summed E-state index contributed by atoms with van der Waals surface area (Å²) in [6.07, 6.45) is 1.07. The van der Waals surface area contributed by atoms with Gasteiger partial charge in [0.05, 0.1) is 22.6 Å². The van der Waals surface area contributed by atoms with Gasteiger partial charge in [-0.25, -0.2) is 4.79 Å². The van der Waals surface area contributed by atoms with E-state index in [4.69, 9.17) is 4.74 Å². The molecular weight excluding hydrogens is 329 g/mol. The zero-order valence-corrected chi connectivity index (χ0v) is 12.4. The third-order valence-corrected chi connectivity index (χ3v) is 3.26. The molecule has 0 radical (unpaired) electrons. The molecule has 0 aromatic heterocycles. The van der Waals surface area contributed by atoms with E-state index in [0.717, 1.165) is 12.1 Å². The minimum atomic E-state index is -0.306. The maximum Gasteiger partial charge on any atom is 0.372 e. The van der Waals surface area contributed by atoms with Crippen molar-refractivity contribution in [1.29, 1.82) is 0 Å². The highest BCUT2D eigenvalue weighted by molar-refractivity contribution is 14.1. The molecule has 4 heteroatoms. The van der Waals surface area contributed by atoms with Crippen LogP contribution in [0.25, 0.3) is 0 Å². The Morgan fingerprint density at radius 3 is 2.88 bits per heavy atom. The van der Waals surface area contributed by atoms with Gasteiger partial charge in [0.25, 0.3) is 0 Å². The lowest BCUT2D eigenvalue weighted by atomic mass is 9.82. The van der Waals surface area contributed by atoms with E-state index in [-0.39, 0.29) is 9.51 Å². The Kier molecular flexibility index (Phi) is 3.34. The molecule has 92 valence electrons. The monoisotopic (exact) mass is 345 g/mol. The van der Waals surface area contributed by atoms with Gasteiger partial charge in [0, 0.05) is 11.2 Å². The first kappa shape index (κ1) is 12.7. The number of anilines is 1. The molecule has 0 bridgehead atoms. The molecule has 1 N–H and O–H groups in total. The highest BCUT2D eigenvalue weighted by Gasteiger charge is 2.29. The van der Waals surface area contributed by atoms with Crippen molar-refractivity contribution in [3.63, 3.8) is 0 Å². The summed E-state index contributed by atoms with van der Waals surface area (Å²) in [4.78, 5) is 10.9. The molecule has 1 atom stereocenters. The molecule has 0 saturated heterocycles. The fourth-order valence-electron chi connectivity index (χ4n) is 2.51. The molecule has 3 nitrogen and oxygen atoms in total. The minimum absolute atomic E-state index is 0.119. The Morgan fingerprint density at radius 2 is 2.24 bits per heavy atom. The zero-order valence-electron chi connectivity index (χ0n) is 10.2. The van der Waals surface area contributed by atoms with Crippen LogP contribution in [0.2, 0.25) is 0 Å². The van der Waals surface area contributed by atoms with Gasteiger partial charge >= 0.3 is 3.98 Å². The number of carbonyl (C=O) groups excluding carboxylic acids is 1. The molecule has 17 heavy (non-hydrogen) atoms. The lowest BCUT2D eigenvalue weighted by Crippen LogP contribution is -2.36. The Bertz CT molecular complexity index is 457. The van der Waals surface area contributed by atoms with Crippen molar-refractivity contribution in [2.45, 2.75) is 38.6 Å². The van der Waals surface area contributed by atoms with Crippen LogP contribution in [0.15, 0.2) is 18.2 Å². The normalized spacial score (nSPS) is 21.3. The highest BCUT2D eigenvalue weighted by atomic mass is 127. The van der Waals surface area contributed by atoms with Gasteiger partial charge in [-0.15, -0.1) is 0 Å². The van der Waals surface area contributed by atoms with E-state index in [1.54, 1.807) is 22.6 Å². The third kappa shape index (κ3) is 2.91. The SMILES string of the molecule is CC1CC(C)(C)Nc2ccc(OC(=O)I)cc21. The molecule has 1 aliphatic heterocycles. The van der Waals surface area contributed by atoms with E-state index in [1.807, 2.05) is 18.2 Å². The van der Waals surface area contributed by atoms with Crippen LogP contribution >= 0.6 is 22.6 Å². The second-order valence-corrected chi connectivity index (χ2v) is 6.08. The molecule has 0 fully saturated rings. The molecular formula is C13H16INO2. The van der Waals surface area contributed by atoms with Crippen LogP contribution in [0.3, 0.4) is 0 Å². The van der Waals surface area contributed by atoms with Crippen LogP contribution in [-0.4, -0.2) is 9.51 Å². The smallest absolute Gasteiger partial charge is 0.372 e. The topological polar surface area (TPSA) is 38.3 Å². The fourth-order valence-corrected chi connectivity index (χ4v) is 2.76. The lowest BCUT2D eigenvalue weighted by molar-refractivity contribution is 0.230. The van der Waals surface area contributed by atoms with Crippen molar-refractivity contribution in [3.8, 4) is 5.75 Å². The van der Waals surface area contributed by atoms with Crippen molar-refractivity contribution in [2.75, 3.05) is 5.32 Å². The van der Waals surface area contributed by atoms with Crippen LogP contribution in [0, 0.1) is 0 Å². The summed E-state index contributed by atoms with van der Waals surface area (Å²) in [6.45, 7) is 6.60. The van der Waals surface area contributed by atoms with Crippen molar-refractivity contribution in [3.05, 3.63) is 23.8 Å².